The number of carbonyl (C=O) groups excluding carboxylic acids is 3. The molecule has 0 aliphatic carbocycles. The number of nitrogens with one attached hydrogen (secondary N) is 2. The molecule has 0 aliphatic heterocycles. The molecule has 0 saturated carbocycles. The molecule has 4 rings (SSSR count). The minimum atomic E-state index is -4.94. The van der Waals surface area contributed by atoms with E-state index in [1.165, 1.54) is 12.1 Å². The summed E-state index contributed by atoms with van der Waals surface area (Å²) in [5, 5.41) is 26.4. The highest BCUT2D eigenvalue weighted by Crippen LogP contribution is 2.41. The number of primary amides is 1. The minimum absolute atomic E-state index is 0.0262. The maximum Gasteiger partial charge on any atom is 0.417 e. The highest BCUT2D eigenvalue weighted by Gasteiger charge is 2.35. The Morgan fingerprint density at radius 3 is 2.37 bits per heavy atom. The molecule has 5 N–H and O–H groups in total. The van der Waals surface area contributed by atoms with Crippen molar-refractivity contribution in [2.45, 2.75) is 6.18 Å². The first-order valence-corrected chi connectivity index (χ1v) is 11.2. The van der Waals surface area contributed by atoms with E-state index in [2.05, 4.69) is 20.5 Å². The van der Waals surface area contributed by atoms with E-state index in [0.29, 0.717) is 6.07 Å². The van der Waals surface area contributed by atoms with E-state index < -0.39 is 58.0 Å². The second-order valence-corrected chi connectivity index (χ2v) is 8.30. The topological polar surface area (TPSA) is 198 Å². The predicted octanol–water partition coefficient (Wildman–Crippen LogP) is 4.61. The fraction of sp³-hybridized carbons (Fsp3) is 0.0769. The van der Waals surface area contributed by atoms with Crippen LogP contribution in [-0.2, 0) is 10.9 Å². The number of rotatable bonds is 6. The molecule has 4 aromatic rings. The second-order valence-electron chi connectivity index (χ2n) is 8.30. The van der Waals surface area contributed by atoms with Gasteiger partial charge in [0.15, 0.2) is 11.3 Å². The molecule has 0 spiro atoms. The highest BCUT2D eigenvalue weighted by molar-refractivity contribution is 6.14. The lowest BCUT2D eigenvalue weighted by atomic mass is 9.92. The van der Waals surface area contributed by atoms with Crippen LogP contribution in [0.15, 0.2) is 53.1 Å². The molecule has 208 valence electrons. The lowest BCUT2D eigenvalue weighted by Crippen LogP contribution is -2.17. The van der Waals surface area contributed by atoms with Crippen LogP contribution in [0.3, 0.4) is 0 Å². The van der Waals surface area contributed by atoms with Crippen LogP contribution in [0.5, 0.6) is 0 Å². The normalized spacial score (nSPS) is 11.0. The van der Waals surface area contributed by atoms with Gasteiger partial charge in [0.1, 0.15) is 0 Å². The fourth-order valence-electron chi connectivity index (χ4n) is 3.92. The molecule has 3 aromatic carbocycles. The van der Waals surface area contributed by atoms with Crippen LogP contribution >= 0.6 is 0 Å². The number of nitrogens with zero attached hydrogens (tertiary/aromatic N) is 2. The molecule has 15 heteroatoms. The van der Waals surface area contributed by atoms with E-state index in [4.69, 9.17) is 15.5 Å². The van der Waals surface area contributed by atoms with Crippen molar-refractivity contribution in [3.63, 3.8) is 0 Å². The molecular formula is C26H16F3N5O7. The first-order valence-electron chi connectivity index (χ1n) is 11.2. The Kier molecular flexibility index (Phi) is 7.33. The fourth-order valence-corrected chi connectivity index (χ4v) is 3.92. The van der Waals surface area contributed by atoms with Crippen molar-refractivity contribution in [1.29, 1.82) is 5.26 Å². The molecule has 0 radical (unpaired) electrons. The molecule has 0 aliphatic rings. The third-order valence-corrected chi connectivity index (χ3v) is 5.76. The lowest BCUT2D eigenvalue weighted by molar-refractivity contribution is -0.137. The Balaban J connectivity index is 1.82. The summed E-state index contributed by atoms with van der Waals surface area (Å²) >= 11 is 0. The maximum absolute atomic E-state index is 14.0. The summed E-state index contributed by atoms with van der Waals surface area (Å²) < 4.78 is 51.6. The summed E-state index contributed by atoms with van der Waals surface area (Å²) in [6, 6.07) is 10.1. The largest absolute Gasteiger partial charge is 0.478 e. The van der Waals surface area contributed by atoms with E-state index in [9.17, 15) is 37.5 Å². The van der Waals surface area contributed by atoms with E-state index in [1.54, 1.807) is 6.07 Å². The zero-order valence-corrected chi connectivity index (χ0v) is 20.6. The van der Waals surface area contributed by atoms with E-state index >= 15 is 0 Å². The van der Waals surface area contributed by atoms with Crippen molar-refractivity contribution in [2.24, 2.45) is 5.73 Å². The number of anilines is 2. The number of methoxy groups -OCH3 is 1. The standard InChI is InChI=1S/C26H16F3N5O7/c1-40-25(39)32-12-3-4-13(18(7-12)26(27,28)29)14-9-20-17(8-15(14)22(31)35)21(34-41-20)23(36)33-19-5-2-11(10-30)6-16(19)24(37)38/h2-9H,1H3,(H2,31,35)(H,32,39)(H,33,36)(H,37,38). The monoisotopic (exact) mass is 567 g/mol. The van der Waals surface area contributed by atoms with Gasteiger partial charge in [-0.25, -0.2) is 9.59 Å². The molecule has 0 atom stereocenters. The molecule has 0 saturated heterocycles. The van der Waals surface area contributed by atoms with Crippen LogP contribution in [0.2, 0.25) is 0 Å². The Morgan fingerprint density at radius 2 is 1.76 bits per heavy atom. The van der Waals surface area contributed by atoms with Crippen molar-refractivity contribution >= 4 is 46.2 Å². The van der Waals surface area contributed by atoms with Crippen LogP contribution in [-0.4, -0.2) is 41.2 Å². The summed E-state index contributed by atoms with van der Waals surface area (Å²) in [6.07, 6.45) is -5.95. The van der Waals surface area contributed by atoms with Crippen LogP contribution in [0.25, 0.3) is 22.1 Å². The smallest absolute Gasteiger partial charge is 0.417 e. The van der Waals surface area contributed by atoms with Gasteiger partial charge in [-0.3, -0.25) is 14.9 Å². The second kappa shape index (κ2) is 10.7. The van der Waals surface area contributed by atoms with Gasteiger partial charge in [-0.1, -0.05) is 11.2 Å². The van der Waals surface area contributed by atoms with Gasteiger partial charge in [0.2, 0.25) is 5.91 Å². The number of ether oxygens (including phenoxy) is 1. The number of carboxylic acid groups (broad SMARTS) is 1. The average Bonchev–Trinajstić information content (AvgIpc) is 3.35. The Bertz CT molecular complexity index is 1790. The molecule has 0 bridgehead atoms. The van der Waals surface area contributed by atoms with Crippen molar-refractivity contribution in [1.82, 2.24) is 5.16 Å². The average molecular weight is 567 g/mol. The summed E-state index contributed by atoms with van der Waals surface area (Å²) in [5.41, 5.74) is 1.63. The van der Waals surface area contributed by atoms with Crippen LogP contribution < -0.4 is 16.4 Å². The summed E-state index contributed by atoms with van der Waals surface area (Å²) in [4.78, 5) is 48.4. The molecule has 41 heavy (non-hydrogen) atoms. The van der Waals surface area contributed by atoms with Gasteiger partial charge >= 0.3 is 18.2 Å². The van der Waals surface area contributed by atoms with Gasteiger partial charge in [-0.05, 0) is 53.6 Å². The van der Waals surface area contributed by atoms with Crippen LogP contribution in [0.1, 0.15) is 42.3 Å². The number of hydrogen-bond donors (Lipinski definition) is 4. The van der Waals surface area contributed by atoms with E-state index in [-0.39, 0.29) is 33.5 Å². The number of carboxylic acids is 1. The first-order chi connectivity index (χ1) is 19.3. The van der Waals surface area contributed by atoms with E-state index in [1.807, 2.05) is 0 Å². The molecule has 12 nitrogen and oxygen atoms in total. The minimum Gasteiger partial charge on any atom is -0.478 e. The highest BCUT2D eigenvalue weighted by atomic mass is 19.4. The SMILES string of the molecule is COC(=O)Nc1ccc(-c2cc3onc(C(=O)Nc4ccc(C#N)cc4C(=O)O)c3cc2C(N)=O)c(C(F)(F)F)c1. The number of hydrogen-bond acceptors (Lipinski definition) is 8. The van der Waals surface area contributed by atoms with Crippen LogP contribution in [0.4, 0.5) is 29.3 Å². The number of carbonyl (C=O) groups is 4. The van der Waals surface area contributed by atoms with Gasteiger partial charge in [-0.15, -0.1) is 0 Å². The Hall–Kier alpha value is -5.91. The summed E-state index contributed by atoms with van der Waals surface area (Å²) in [7, 11) is 1.03. The molecular weight excluding hydrogens is 551 g/mol. The third-order valence-electron chi connectivity index (χ3n) is 5.76. The molecule has 3 amide bonds. The zero-order valence-electron chi connectivity index (χ0n) is 20.6. The number of aromatic nitrogens is 1. The molecule has 0 unspecified atom stereocenters. The van der Waals surface area contributed by atoms with Crippen molar-refractivity contribution < 1.29 is 46.7 Å². The molecule has 1 heterocycles. The number of amides is 3. The number of aromatic carboxylic acids is 1. The number of nitriles is 1. The quantitative estimate of drug-likeness (QED) is 0.257. The van der Waals surface area contributed by atoms with E-state index in [0.717, 1.165) is 37.4 Å². The van der Waals surface area contributed by atoms with Crippen molar-refractivity contribution in [3.05, 3.63) is 76.5 Å². The molecule has 0 fully saturated rings. The maximum atomic E-state index is 14.0. The first kappa shape index (κ1) is 28.1. The van der Waals surface area contributed by atoms with Gasteiger partial charge in [0.05, 0.1) is 40.9 Å². The zero-order chi connectivity index (χ0) is 30.1. The number of halogens is 3. The van der Waals surface area contributed by atoms with Crippen LogP contribution in [0, 0.1) is 11.3 Å². The number of nitrogens with two attached hydrogens (primary N) is 1. The van der Waals surface area contributed by atoms with Crippen molar-refractivity contribution in [2.75, 3.05) is 17.7 Å². The van der Waals surface area contributed by atoms with Gasteiger partial charge in [-0.2, -0.15) is 18.4 Å². The molecule has 1 aromatic heterocycles. The van der Waals surface area contributed by atoms with Crippen molar-refractivity contribution in [3.8, 4) is 17.2 Å². The number of benzene rings is 3. The Labute approximate surface area is 227 Å². The number of alkyl halides is 3. The predicted molar refractivity (Wildman–Crippen MR) is 135 cm³/mol. The van der Waals surface area contributed by atoms with Gasteiger partial charge in [0, 0.05) is 11.3 Å². The third kappa shape index (κ3) is 5.61. The Morgan fingerprint density at radius 1 is 1.02 bits per heavy atom. The number of fused-ring (bicyclic) bond motifs is 1. The lowest BCUT2D eigenvalue weighted by Gasteiger charge is -2.17. The van der Waals surface area contributed by atoms with Gasteiger partial charge < -0.3 is 25.4 Å². The summed E-state index contributed by atoms with van der Waals surface area (Å²) in [5.74, 6) is -3.55. The van der Waals surface area contributed by atoms with Gasteiger partial charge in [0.25, 0.3) is 5.91 Å². The summed E-state index contributed by atoms with van der Waals surface area (Å²) in [6.45, 7) is 0.